The van der Waals surface area contributed by atoms with Crippen LogP contribution in [0.2, 0.25) is 0 Å². The van der Waals surface area contributed by atoms with E-state index in [9.17, 15) is 9.59 Å². The maximum absolute atomic E-state index is 12.5. The minimum atomic E-state index is -0.427. The number of aliphatic hydroxyl groups is 1. The summed E-state index contributed by atoms with van der Waals surface area (Å²) in [6, 6.07) is 11.1. The highest BCUT2D eigenvalue weighted by atomic mass is 16.4. The first-order valence-electron chi connectivity index (χ1n) is 9.90. The molecule has 0 aliphatic carbocycles. The Morgan fingerprint density at radius 1 is 1.03 bits per heavy atom. The summed E-state index contributed by atoms with van der Waals surface area (Å²) < 4.78 is 11.0. The lowest BCUT2D eigenvalue weighted by atomic mass is 10.0. The van der Waals surface area contributed by atoms with Crippen LogP contribution in [0.5, 0.6) is 0 Å². The zero-order valence-corrected chi connectivity index (χ0v) is 17.0. The van der Waals surface area contributed by atoms with Crippen LogP contribution in [-0.2, 0) is 17.6 Å². The highest BCUT2D eigenvalue weighted by Crippen LogP contribution is 2.29. The average Bonchev–Trinajstić information content (AvgIpc) is 3.08. The minimum Gasteiger partial charge on any atom is -0.464 e. The zero-order chi connectivity index (χ0) is 21.3. The first-order chi connectivity index (χ1) is 14.5. The number of amides is 1. The Kier molecular flexibility index (Phi) is 5.42. The van der Waals surface area contributed by atoms with Gasteiger partial charge in [-0.25, -0.2) is 4.79 Å². The van der Waals surface area contributed by atoms with Crippen LogP contribution in [0, 0.1) is 13.8 Å². The van der Waals surface area contributed by atoms with E-state index in [1.165, 1.54) is 0 Å². The molecule has 0 radical (unpaired) electrons. The Morgan fingerprint density at radius 3 is 2.53 bits per heavy atom. The van der Waals surface area contributed by atoms with Crippen molar-refractivity contribution in [3.63, 3.8) is 0 Å². The van der Waals surface area contributed by atoms with E-state index >= 15 is 0 Å². The van der Waals surface area contributed by atoms with Gasteiger partial charge in [0, 0.05) is 41.1 Å². The molecule has 0 saturated heterocycles. The molecule has 2 aromatic heterocycles. The molecule has 0 aliphatic rings. The Labute approximate surface area is 173 Å². The van der Waals surface area contributed by atoms with Crippen LogP contribution >= 0.6 is 0 Å². The Bertz CT molecular complexity index is 1280. The number of hydrogen-bond donors (Lipinski definition) is 2. The van der Waals surface area contributed by atoms with Crippen LogP contribution in [0.15, 0.2) is 56.3 Å². The van der Waals surface area contributed by atoms with Gasteiger partial charge in [0.25, 0.3) is 0 Å². The predicted molar refractivity (Wildman–Crippen MR) is 116 cm³/mol. The largest absolute Gasteiger partial charge is 0.464 e. The standard InChI is InChI=1S/C24H23NO5/c1-14-13-29-21-12-22-20(11-19(14)21)15(2)18(24(28)30-22)7-8-23(27)25-17-5-3-16(4-6-17)9-10-26/h3-6,11-13,26H,7-10H2,1-2H3,(H,25,27). The number of hydrogen-bond acceptors (Lipinski definition) is 5. The number of benzene rings is 2. The van der Waals surface area contributed by atoms with Gasteiger partial charge >= 0.3 is 5.63 Å². The van der Waals surface area contributed by atoms with Gasteiger partial charge in [-0.1, -0.05) is 12.1 Å². The van der Waals surface area contributed by atoms with E-state index in [-0.39, 0.29) is 18.9 Å². The third-order valence-corrected chi connectivity index (χ3v) is 5.42. The van der Waals surface area contributed by atoms with Crippen molar-refractivity contribution in [3.8, 4) is 0 Å². The summed E-state index contributed by atoms with van der Waals surface area (Å²) in [5, 5.41) is 13.6. The fourth-order valence-electron chi connectivity index (χ4n) is 3.67. The summed E-state index contributed by atoms with van der Waals surface area (Å²) in [6.07, 6.45) is 2.72. The number of anilines is 1. The summed E-state index contributed by atoms with van der Waals surface area (Å²) >= 11 is 0. The smallest absolute Gasteiger partial charge is 0.339 e. The molecule has 4 rings (SSSR count). The first-order valence-corrected chi connectivity index (χ1v) is 9.90. The predicted octanol–water partition coefficient (Wildman–Crippen LogP) is 4.26. The molecular formula is C24H23NO5. The number of furan rings is 1. The number of aryl methyl sites for hydroxylation is 2. The van der Waals surface area contributed by atoms with Crippen LogP contribution in [0.1, 0.15) is 28.7 Å². The second-order valence-corrected chi connectivity index (χ2v) is 7.48. The van der Waals surface area contributed by atoms with E-state index < -0.39 is 5.63 Å². The first kappa shape index (κ1) is 19.9. The van der Waals surface area contributed by atoms with Crippen LogP contribution in [0.3, 0.4) is 0 Å². The lowest BCUT2D eigenvalue weighted by Gasteiger charge is -2.09. The summed E-state index contributed by atoms with van der Waals surface area (Å²) in [5.74, 6) is -0.176. The molecule has 4 aromatic rings. The maximum Gasteiger partial charge on any atom is 0.339 e. The Morgan fingerprint density at radius 2 is 1.80 bits per heavy atom. The second kappa shape index (κ2) is 8.16. The summed E-state index contributed by atoms with van der Waals surface area (Å²) in [6.45, 7) is 3.94. The molecule has 2 heterocycles. The molecule has 6 heteroatoms. The lowest BCUT2D eigenvalue weighted by molar-refractivity contribution is -0.116. The van der Waals surface area contributed by atoms with E-state index in [0.29, 0.717) is 35.3 Å². The number of carbonyl (C=O) groups excluding carboxylic acids is 1. The fraction of sp³-hybridized carbons (Fsp3) is 0.250. The van der Waals surface area contributed by atoms with Gasteiger partial charge in [-0.3, -0.25) is 4.79 Å². The van der Waals surface area contributed by atoms with Crippen molar-refractivity contribution in [2.45, 2.75) is 33.1 Å². The van der Waals surface area contributed by atoms with E-state index in [0.717, 1.165) is 27.5 Å². The second-order valence-electron chi connectivity index (χ2n) is 7.48. The Hall–Kier alpha value is -3.38. The third kappa shape index (κ3) is 3.86. The van der Waals surface area contributed by atoms with Gasteiger partial charge in [-0.2, -0.15) is 0 Å². The van der Waals surface area contributed by atoms with Gasteiger partial charge in [0.05, 0.1) is 6.26 Å². The molecule has 1 amide bonds. The normalized spacial score (nSPS) is 11.3. The molecule has 0 bridgehead atoms. The molecule has 154 valence electrons. The Balaban J connectivity index is 1.53. The number of rotatable bonds is 6. The highest BCUT2D eigenvalue weighted by molar-refractivity contribution is 5.96. The van der Waals surface area contributed by atoms with Gasteiger partial charge in [0.15, 0.2) is 0 Å². The molecule has 30 heavy (non-hydrogen) atoms. The number of carbonyl (C=O) groups is 1. The molecule has 0 fully saturated rings. The summed E-state index contributed by atoms with van der Waals surface area (Å²) in [5.41, 5.74) is 4.77. The molecule has 0 aliphatic heterocycles. The van der Waals surface area contributed by atoms with Gasteiger partial charge in [-0.05, 0) is 61.6 Å². The van der Waals surface area contributed by atoms with E-state index in [4.69, 9.17) is 13.9 Å². The van der Waals surface area contributed by atoms with E-state index in [2.05, 4.69) is 5.32 Å². The molecule has 0 spiro atoms. The number of aliphatic hydroxyl groups excluding tert-OH is 1. The zero-order valence-electron chi connectivity index (χ0n) is 17.0. The van der Waals surface area contributed by atoms with Crippen LogP contribution in [0.4, 0.5) is 5.69 Å². The summed E-state index contributed by atoms with van der Waals surface area (Å²) in [7, 11) is 0. The molecule has 0 unspecified atom stereocenters. The fourth-order valence-corrected chi connectivity index (χ4v) is 3.67. The number of fused-ring (bicyclic) bond motifs is 2. The van der Waals surface area contributed by atoms with Gasteiger partial charge in [0.1, 0.15) is 11.2 Å². The van der Waals surface area contributed by atoms with Gasteiger partial charge < -0.3 is 19.3 Å². The maximum atomic E-state index is 12.5. The lowest BCUT2D eigenvalue weighted by Crippen LogP contribution is -2.16. The van der Waals surface area contributed by atoms with Crippen LogP contribution in [-0.4, -0.2) is 17.6 Å². The molecular weight excluding hydrogens is 382 g/mol. The van der Waals surface area contributed by atoms with Crippen molar-refractivity contribution in [2.75, 3.05) is 11.9 Å². The van der Waals surface area contributed by atoms with Gasteiger partial charge in [-0.15, -0.1) is 0 Å². The SMILES string of the molecule is Cc1coc2cc3oc(=O)c(CCC(=O)Nc4ccc(CCO)cc4)c(C)c3cc12. The van der Waals surface area contributed by atoms with E-state index in [1.807, 2.05) is 32.0 Å². The number of nitrogens with one attached hydrogen (secondary N) is 1. The van der Waals surface area contributed by atoms with Crippen molar-refractivity contribution in [1.82, 2.24) is 0 Å². The monoisotopic (exact) mass is 405 g/mol. The molecule has 6 nitrogen and oxygen atoms in total. The van der Waals surface area contributed by atoms with Crippen molar-refractivity contribution >= 4 is 33.5 Å². The third-order valence-electron chi connectivity index (χ3n) is 5.42. The molecule has 2 N–H and O–H groups in total. The van der Waals surface area contributed by atoms with Gasteiger partial charge in [0.2, 0.25) is 5.91 Å². The summed E-state index contributed by atoms with van der Waals surface area (Å²) in [4.78, 5) is 24.9. The molecule has 2 aromatic carbocycles. The average molecular weight is 405 g/mol. The highest BCUT2D eigenvalue weighted by Gasteiger charge is 2.15. The molecule has 0 atom stereocenters. The van der Waals surface area contributed by atoms with Crippen molar-refractivity contribution in [3.05, 3.63) is 75.3 Å². The van der Waals surface area contributed by atoms with Crippen LogP contribution < -0.4 is 10.9 Å². The topological polar surface area (TPSA) is 92.7 Å². The van der Waals surface area contributed by atoms with E-state index in [1.54, 1.807) is 24.5 Å². The molecule has 0 saturated carbocycles. The quantitative estimate of drug-likeness (QED) is 0.468. The van der Waals surface area contributed by atoms with Crippen LogP contribution in [0.25, 0.3) is 21.9 Å². The van der Waals surface area contributed by atoms with Crippen molar-refractivity contribution in [2.24, 2.45) is 0 Å². The minimum absolute atomic E-state index is 0.0884. The van der Waals surface area contributed by atoms with Crippen molar-refractivity contribution in [1.29, 1.82) is 0 Å². The van der Waals surface area contributed by atoms with Crippen molar-refractivity contribution < 1.29 is 18.7 Å².